The van der Waals surface area contributed by atoms with Crippen LogP contribution >= 0.6 is 0 Å². The largest absolute Gasteiger partial charge is 0.573 e. The van der Waals surface area contributed by atoms with E-state index in [1.807, 2.05) is 6.92 Å². The number of nitrogens with one attached hydrogen (secondary N) is 1. The van der Waals surface area contributed by atoms with Crippen LogP contribution in [-0.2, 0) is 0 Å². The van der Waals surface area contributed by atoms with Crippen LogP contribution in [0.5, 0.6) is 5.75 Å². The Hall–Kier alpha value is -1.76. The maximum atomic E-state index is 12.9. The number of carbonyl (C=O) groups excluding carboxylic acids is 1. The summed E-state index contributed by atoms with van der Waals surface area (Å²) in [5.74, 6) is -0.218. The van der Waals surface area contributed by atoms with Crippen LogP contribution in [0.3, 0.4) is 0 Å². The highest BCUT2D eigenvalue weighted by atomic mass is 19.4. The lowest BCUT2D eigenvalue weighted by Gasteiger charge is -2.31. The number of amides is 1. The van der Waals surface area contributed by atoms with Gasteiger partial charge in [0.2, 0.25) is 0 Å². The molecule has 7 heteroatoms. The van der Waals surface area contributed by atoms with Crippen molar-refractivity contribution in [2.75, 3.05) is 26.2 Å². The number of hydrogen-bond acceptors (Lipinski definition) is 3. The fourth-order valence-electron chi connectivity index (χ4n) is 3.88. The number of nitrogens with zero attached hydrogens (tertiary/aromatic N) is 1. The van der Waals surface area contributed by atoms with Gasteiger partial charge in [-0.3, -0.25) is 4.79 Å². The Morgan fingerprint density at radius 1 is 1.23 bits per heavy atom. The van der Waals surface area contributed by atoms with Crippen molar-refractivity contribution >= 4 is 5.91 Å². The van der Waals surface area contributed by atoms with Crippen molar-refractivity contribution in [1.82, 2.24) is 10.2 Å². The van der Waals surface area contributed by atoms with Gasteiger partial charge in [0, 0.05) is 13.1 Å². The molecule has 1 aromatic carbocycles. The summed E-state index contributed by atoms with van der Waals surface area (Å²) in [6.07, 6.45) is -1.19. The molecule has 1 N–H and O–H groups in total. The van der Waals surface area contributed by atoms with E-state index in [0.29, 0.717) is 19.0 Å². The molecular formula is C19H25F3N2O2. The second-order valence-electron chi connectivity index (χ2n) is 7.33. The van der Waals surface area contributed by atoms with E-state index in [1.165, 1.54) is 12.1 Å². The molecule has 4 nitrogen and oxygen atoms in total. The van der Waals surface area contributed by atoms with Gasteiger partial charge in [0.15, 0.2) is 0 Å². The van der Waals surface area contributed by atoms with Crippen molar-refractivity contribution < 1.29 is 22.7 Å². The van der Waals surface area contributed by atoms with Crippen LogP contribution in [0, 0.1) is 5.92 Å². The third-order valence-corrected chi connectivity index (χ3v) is 5.22. The standard InChI is InChI=1S/C19H25F3N2O2/c1-13-3-2-10-24(12-13)18(25)16-5-4-15(14-6-8-23-9-7-14)11-17(16)26-19(20,21)22/h4-5,11,13-14,23H,2-3,6-10,12H2,1H3. The van der Waals surface area contributed by atoms with Crippen molar-refractivity contribution in [3.8, 4) is 5.75 Å². The van der Waals surface area contributed by atoms with E-state index in [1.54, 1.807) is 11.0 Å². The summed E-state index contributed by atoms with van der Waals surface area (Å²) in [6.45, 7) is 4.87. The summed E-state index contributed by atoms with van der Waals surface area (Å²) in [6, 6.07) is 4.68. The molecule has 2 aliphatic heterocycles. The van der Waals surface area contributed by atoms with Crippen LogP contribution in [0.2, 0.25) is 0 Å². The van der Waals surface area contributed by atoms with E-state index in [0.717, 1.165) is 44.3 Å². The molecule has 2 aliphatic rings. The molecule has 2 heterocycles. The quantitative estimate of drug-likeness (QED) is 0.877. The van der Waals surface area contributed by atoms with Crippen molar-refractivity contribution in [1.29, 1.82) is 0 Å². The van der Waals surface area contributed by atoms with Gasteiger partial charge in [-0.25, -0.2) is 0 Å². The Morgan fingerprint density at radius 2 is 1.96 bits per heavy atom. The lowest BCUT2D eigenvalue weighted by molar-refractivity contribution is -0.274. The molecule has 0 spiro atoms. The monoisotopic (exact) mass is 370 g/mol. The number of hydrogen-bond donors (Lipinski definition) is 1. The van der Waals surface area contributed by atoms with Crippen LogP contribution in [-0.4, -0.2) is 43.3 Å². The van der Waals surface area contributed by atoms with Gasteiger partial charge in [-0.1, -0.05) is 13.0 Å². The molecule has 0 aliphatic carbocycles. The fourth-order valence-corrected chi connectivity index (χ4v) is 3.88. The molecule has 144 valence electrons. The molecule has 0 radical (unpaired) electrons. The highest BCUT2D eigenvalue weighted by Gasteiger charge is 2.34. The van der Waals surface area contributed by atoms with Gasteiger partial charge in [-0.2, -0.15) is 0 Å². The first-order valence-corrected chi connectivity index (χ1v) is 9.23. The Labute approximate surface area is 151 Å². The Balaban J connectivity index is 1.88. The van der Waals surface area contributed by atoms with Gasteiger partial charge in [0.25, 0.3) is 5.91 Å². The summed E-state index contributed by atoms with van der Waals surface area (Å²) in [5, 5.41) is 3.24. The van der Waals surface area contributed by atoms with E-state index in [-0.39, 0.29) is 23.1 Å². The maximum Gasteiger partial charge on any atom is 0.573 e. The maximum absolute atomic E-state index is 12.9. The van der Waals surface area contributed by atoms with E-state index in [4.69, 9.17) is 0 Å². The normalized spacial score (nSPS) is 22.3. The van der Waals surface area contributed by atoms with Gasteiger partial charge >= 0.3 is 6.36 Å². The van der Waals surface area contributed by atoms with E-state index in [9.17, 15) is 18.0 Å². The van der Waals surface area contributed by atoms with Crippen LogP contribution < -0.4 is 10.1 Å². The number of piperidine rings is 2. The molecule has 2 saturated heterocycles. The van der Waals surface area contributed by atoms with E-state index in [2.05, 4.69) is 10.1 Å². The van der Waals surface area contributed by atoms with Gasteiger partial charge in [-0.05, 0) is 68.3 Å². The SMILES string of the molecule is CC1CCCN(C(=O)c2ccc(C3CCNCC3)cc2OC(F)(F)F)C1. The highest BCUT2D eigenvalue weighted by Crippen LogP contribution is 2.34. The smallest absolute Gasteiger partial charge is 0.405 e. The number of likely N-dealkylation sites (tertiary alicyclic amines) is 1. The van der Waals surface area contributed by atoms with Gasteiger partial charge < -0.3 is 15.0 Å². The minimum absolute atomic E-state index is 0.00545. The van der Waals surface area contributed by atoms with Crippen molar-refractivity contribution in [3.05, 3.63) is 29.3 Å². The van der Waals surface area contributed by atoms with Crippen LogP contribution in [0.15, 0.2) is 18.2 Å². The molecule has 1 atom stereocenters. The molecule has 1 aromatic rings. The number of rotatable bonds is 3. The fraction of sp³-hybridized carbons (Fsp3) is 0.632. The zero-order valence-electron chi connectivity index (χ0n) is 14.9. The summed E-state index contributed by atoms with van der Waals surface area (Å²) < 4.78 is 43.0. The first-order chi connectivity index (χ1) is 12.3. The molecule has 3 rings (SSSR count). The predicted molar refractivity (Wildman–Crippen MR) is 92.3 cm³/mol. The Bertz CT molecular complexity index is 642. The summed E-state index contributed by atoms with van der Waals surface area (Å²) in [5.41, 5.74) is 0.795. The summed E-state index contributed by atoms with van der Waals surface area (Å²) in [7, 11) is 0. The van der Waals surface area contributed by atoms with Gasteiger partial charge in [0.1, 0.15) is 5.75 Å². The second-order valence-corrected chi connectivity index (χ2v) is 7.33. The summed E-state index contributed by atoms with van der Waals surface area (Å²) in [4.78, 5) is 14.4. The van der Waals surface area contributed by atoms with Crippen LogP contribution in [0.1, 0.15) is 54.4 Å². The van der Waals surface area contributed by atoms with Crippen molar-refractivity contribution in [2.24, 2.45) is 5.92 Å². The van der Waals surface area contributed by atoms with Gasteiger partial charge in [0.05, 0.1) is 5.56 Å². The molecule has 1 unspecified atom stereocenters. The number of ether oxygens (including phenoxy) is 1. The third-order valence-electron chi connectivity index (χ3n) is 5.22. The van der Waals surface area contributed by atoms with Crippen LogP contribution in [0.25, 0.3) is 0 Å². The Morgan fingerprint density at radius 3 is 2.62 bits per heavy atom. The minimum atomic E-state index is -4.82. The first kappa shape index (κ1) is 19.0. The number of alkyl halides is 3. The predicted octanol–water partition coefficient (Wildman–Crippen LogP) is 3.92. The highest BCUT2D eigenvalue weighted by molar-refractivity contribution is 5.97. The van der Waals surface area contributed by atoms with Crippen molar-refractivity contribution in [2.45, 2.75) is 44.9 Å². The number of carbonyl (C=O) groups is 1. The minimum Gasteiger partial charge on any atom is -0.405 e. The number of halogens is 3. The number of benzene rings is 1. The zero-order chi connectivity index (χ0) is 18.7. The lowest BCUT2D eigenvalue weighted by atomic mass is 9.89. The van der Waals surface area contributed by atoms with Gasteiger partial charge in [-0.15, -0.1) is 13.2 Å². The third kappa shape index (κ3) is 4.69. The summed E-state index contributed by atoms with van der Waals surface area (Å²) >= 11 is 0. The average Bonchev–Trinajstić information content (AvgIpc) is 2.60. The zero-order valence-corrected chi connectivity index (χ0v) is 14.9. The molecule has 2 fully saturated rings. The van der Waals surface area contributed by atoms with E-state index < -0.39 is 6.36 Å². The molecule has 26 heavy (non-hydrogen) atoms. The first-order valence-electron chi connectivity index (χ1n) is 9.23. The average molecular weight is 370 g/mol. The topological polar surface area (TPSA) is 41.6 Å². The van der Waals surface area contributed by atoms with E-state index >= 15 is 0 Å². The lowest BCUT2D eigenvalue weighted by Crippen LogP contribution is -2.39. The van der Waals surface area contributed by atoms with Crippen molar-refractivity contribution in [3.63, 3.8) is 0 Å². The Kier molecular flexibility index (Phi) is 5.75. The molecule has 0 aromatic heterocycles. The molecule has 1 amide bonds. The molecule has 0 saturated carbocycles. The molecule has 0 bridgehead atoms. The molecular weight excluding hydrogens is 345 g/mol. The second kappa shape index (κ2) is 7.86. The van der Waals surface area contributed by atoms with Crippen LogP contribution in [0.4, 0.5) is 13.2 Å².